The number of aliphatic carboxylic acids is 1. The predicted molar refractivity (Wildman–Crippen MR) is 94.1 cm³/mol. The van der Waals surface area contributed by atoms with Crippen molar-refractivity contribution in [3.05, 3.63) is 34.3 Å². The maximum Gasteiger partial charge on any atom is 0.490 e. The molecule has 146 valence electrons. The van der Waals surface area contributed by atoms with Gasteiger partial charge in [-0.25, -0.2) is 4.79 Å². The molecule has 26 heavy (non-hydrogen) atoms. The molecule has 3 N–H and O–H groups in total. The Labute approximate surface area is 160 Å². The van der Waals surface area contributed by atoms with Crippen LogP contribution in [0.15, 0.2) is 28.7 Å². The first-order valence-electron chi connectivity index (χ1n) is 7.07. The van der Waals surface area contributed by atoms with Gasteiger partial charge in [-0.05, 0) is 19.1 Å². The SMILES string of the molecule is CCOC(=O)[C@@H](N)CSCC(=O)c1ccc(Br)cc1.O=C(O)C(F)(F)F. The van der Waals surface area contributed by atoms with E-state index in [2.05, 4.69) is 15.9 Å². The lowest BCUT2D eigenvalue weighted by Crippen LogP contribution is -2.34. The number of carboxylic acid groups (broad SMARTS) is 1. The summed E-state index contributed by atoms with van der Waals surface area (Å²) in [4.78, 5) is 32.0. The van der Waals surface area contributed by atoms with Crippen molar-refractivity contribution in [1.29, 1.82) is 0 Å². The minimum Gasteiger partial charge on any atom is -0.475 e. The van der Waals surface area contributed by atoms with Crippen molar-refractivity contribution in [2.24, 2.45) is 5.73 Å². The zero-order chi connectivity index (χ0) is 20.3. The quantitative estimate of drug-likeness (QED) is 0.476. The van der Waals surface area contributed by atoms with Gasteiger partial charge in [0.2, 0.25) is 0 Å². The zero-order valence-electron chi connectivity index (χ0n) is 13.6. The van der Waals surface area contributed by atoms with Crippen molar-refractivity contribution in [3.8, 4) is 0 Å². The number of benzene rings is 1. The fraction of sp³-hybridized carbons (Fsp3) is 0.400. The number of rotatable bonds is 7. The van der Waals surface area contributed by atoms with Crippen molar-refractivity contribution >= 4 is 45.4 Å². The van der Waals surface area contributed by atoms with Gasteiger partial charge in [0.25, 0.3) is 0 Å². The van der Waals surface area contributed by atoms with Crippen LogP contribution in [0, 0.1) is 0 Å². The Morgan fingerprint density at radius 1 is 1.27 bits per heavy atom. The van der Waals surface area contributed by atoms with Crippen LogP contribution in [0.1, 0.15) is 17.3 Å². The number of esters is 1. The van der Waals surface area contributed by atoms with Gasteiger partial charge < -0.3 is 15.6 Å². The molecule has 0 fully saturated rings. The summed E-state index contributed by atoms with van der Waals surface area (Å²) in [6.07, 6.45) is -5.08. The Bertz CT molecular complexity index is 610. The van der Waals surface area contributed by atoms with Crippen LogP contribution in [-0.2, 0) is 14.3 Å². The van der Waals surface area contributed by atoms with Gasteiger partial charge >= 0.3 is 18.1 Å². The molecule has 0 heterocycles. The molecule has 0 aliphatic heterocycles. The molecule has 1 atom stereocenters. The normalized spacial score (nSPS) is 11.8. The van der Waals surface area contributed by atoms with Gasteiger partial charge in [-0.15, -0.1) is 0 Å². The van der Waals surface area contributed by atoms with Crippen LogP contribution < -0.4 is 5.73 Å². The molecule has 0 aliphatic rings. The highest BCUT2D eigenvalue weighted by Crippen LogP contribution is 2.14. The molecule has 6 nitrogen and oxygen atoms in total. The summed E-state index contributed by atoms with van der Waals surface area (Å²) < 4.78 is 37.5. The molecule has 11 heteroatoms. The topological polar surface area (TPSA) is 107 Å². The van der Waals surface area contributed by atoms with E-state index in [1.807, 2.05) is 12.1 Å². The molecule has 1 rings (SSSR count). The summed E-state index contributed by atoms with van der Waals surface area (Å²) in [5.41, 5.74) is 6.29. The highest BCUT2D eigenvalue weighted by Gasteiger charge is 2.38. The van der Waals surface area contributed by atoms with E-state index < -0.39 is 24.2 Å². The summed E-state index contributed by atoms with van der Waals surface area (Å²) in [6, 6.07) is 6.49. The third-order valence-corrected chi connectivity index (χ3v) is 4.12. The van der Waals surface area contributed by atoms with Gasteiger partial charge in [-0.2, -0.15) is 24.9 Å². The number of hydrogen-bond donors (Lipinski definition) is 2. The lowest BCUT2D eigenvalue weighted by atomic mass is 10.2. The van der Waals surface area contributed by atoms with E-state index in [1.54, 1.807) is 19.1 Å². The number of alkyl halides is 3. The van der Waals surface area contributed by atoms with E-state index >= 15 is 0 Å². The van der Waals surface area contributed by atoms with Crippen molar-refractivity contribution in [2.75, 3.05) is 18.1 Å². The van der Waals surface area contributed by atoms with Gasteiger partial charge in [0.15, 0.2) is 5.78 Å². The number of halogens is 4. The molecule has 0 amide bonds. The molecule has 1 aromatic rings. The molecule has 1 aromatic carbocycles. The molecule has 0 spiro atoms. The number of ether oxygens (including phenoxy) is 1. The number of carbonyl (C=O) groups excluding carboxylic acids is 2. The van der Waals surface area contributed by atoms with E-state index in [4.69, 9.17) is 20.4 Å². The largest absolute Gasteiger partial charge is 0.490 e. The monoisotopic (exact) mass is 459 g/mol. The lowest BCUT2D eigenvalue weighted by molar-refractivity contribution is -0.192. The van der Waals surface area contributed by atoms with E-state index in [-0.39, 0.29) is 5.78 Å². The fourth-order valence-corrected chi connectivity index (χ4v) is 2.44. The number of thioether (sulfide) groups is 1. The molecule has 0 aliphatic carbocycles. The van der Waals surface area contributed by atoms with Crippen molar-refractivity contribution in [2.45, 2.75) is 19.1 Å². The number of carboxylic acids is 1. The van der Waals surface area contributed by atoms with Crippen molar-refractivity contribution in [3.63, 3.8) is 0 Å². The number of Topliss-reactive ketones (excluding diaryl/α,β-unsaturated/α-hetero) is 1. The summed E-state index contributed by atoms with van der Waals surface area (Å²) in [5.74, 6) is -2.48. The number of hydrogen-bond acceptors (Lipinski definition) is 6. The van der Waals surface area contributed by atoms with E-state index in [1.165, 1.54) is 11.8 Å². The first-order chi connectivity index (χ1) is 12.0. The molecule has 0 radical (unpaired) electrons. The van der Waals surface area contributed by atoms with Crippen LogP contribution in [0.2, 0.25) is 0 Å². The zero-order valence-corrected chi connectivity index (χ0v) is 16.0. The standard InChI is InChI=1S/C13H16BrNO3S.C2HF3O2/c1-2-18-13(17)11(15)7-19-8-12(16)9-3-5-10(14)6-4-9;3-2(4,5)1(6)7/h3-6,11H,2,7-8,15H2,1H3;(H,6,7)/t11-;/m0./s1. The predicted octanol–water partition coefficient (Wildman–Crippen LogP) is 2.89. The third kappa shape index (κ3) is 10.4. The Kier molecular flexibility index (Phi) is 11.2. The Balaban J connectivity index is 0.000000758. The molecular weight excluding hydrogens is 443 g/mol. The average molecular weight is 460 g/mol. The second-order valence-corrected chi connectivity index (χ2v) is 6.55. The summed E-state index contributed by atoms with van der Waals surface area (Å²) >= 11 is 4.65. The van der Waals surface area contributed by atoms with Crippen LogP contribution >= 0.6 is 27.7 Å². The van der Waals surface area contributed by atoms with E-state index in [9.17, 15) is 22.8 Å². The van der Waals surface area contributed by atoms with Gasteiger partial charge in [-0.3, -0.25) is 9.59 Å². The third-order valence-electron chi connectivity index (χ3n) is 2.53. The summed E-state index contributed by atoms with van der Waals surface area (Å²) in [6.45, 7) is 2.05. The van der Waals surface area contributed by atoms with Crippen LogP contribution in [0.25, 0.3) is 0 Å². The van der Waals surface area contributed by atoms with E-state index in [0.717, 1.165) is 4.47 Å². The van der Waals surface area contributed by atoms with Gasteiger partial charge in [-0.1, -0.05) is 28.1 Å². The van der Waals surface area contributed by atoms with E-state index in [0.29, 0.717) is 23.7 Å². The second-order valence-electron chi connectivity index (χ2n) is 4.61. The van der Waals surface area contributed by atoms with Crippen LogP contribution in [0.3, 0.4) is 0 Å². The number of nitrogens with two attached hydrogens (primary N) is 1. The van der Waals surface area contributed by atoms with Crippen molar-refractivity contribution < 1.29 is 37.4 Å². The molecule has 0 saturated carbocycles. The minimum absolute atomic E-state index is 0.0218. The molecular formula is C15H17BrF3NO5S. The lowest BCUT2D eigenvalue weighted by Gasteiger charge is -2.09. The van der Waals surface area contributed by atoms with Crippen LogP contribution in [-0.4, -0.2) is 53.2 Å². The average Bonchev–Trinajstić information content (AvgIpc) is 2.55. The molecule has 0 aromatic heterocycles. The van der Waals surface area contributed by atoms with Crippen LogP contribution in [0.5, 0.6) is 0 Å². The Morgan fingerprint density at radius 3 is 2.19 bits per heavy atom. The Morgan fingerprint density at radius 2 is 1.77 bits per heavy atom. The van der Waals surface area contributed by atoms with Gasteiger partial charge in [0.05, 0.1) is 12.4 Å². The van der Waals surface area contributed by atoms with Crippen molar-refractivity contribution in [1.82, 2.24) is 0 Å². The molecule has 0 unspecified atom stereocenters. The summed E-state index contributed by atoms with van der Waals surface area (Å²) in [5, 5.41) is 7.12. The number of ketones is 1. The minimum atomic E-state index is -5.08. The highest BCUT2D eigenvalue weighted by molar-refractivity contribution is 9.10. The highest BCUT2D eigenvalue weighted by atomic mass is 79.9. The smallest absolute Gasteiger partial charge is 0.475 e. The number of carbonyl (C=O) groups is 3. The molecule has 0 saturated heterocycles. The van der Waals surface area contributed by atoms with Crippen LogP contribution in [0.4, 0.5) is 13.2 Å². The first kappa shape index (κ1) is 24.4. The second kappa shape index (κ2) is 11.9. The summed E-state index contributed by atoms with van der Waals surface area (Å²) in [7, 11) is 0. The van der Waals surface area contributed by atoms with Gasteiger partial charge in [0, 0.05) is 15.8 Å². The maximum atomic E-state index is 11.8. The fourth-order valence-electron chi connectivity index (χ4n) is 1.32. The first-order valence-corrected chi connectivity index (χ1v) is 9.02. The maximum absolute atomic E-state index is 11.8. The van der Waals surface area contributed by atoms with Gasteiger partial charge in [0.1, 0.15) is 6.04 Å². The Hall–Kier alpha value is -1.59. The molecule has 0 bridgehead atoms.